The molecule has 2 heterocycles. The lowest BCUT2D eigenvalue weighted by Crippen LogP contribution is -2.11. The van der Waals surface area contributed by atoms with E-state index in [-0.39, 0.29) is 6.04 Å². The van der Waals surface area contributed by atoms with E-state index in [2.05, 4.69) is 4.98 Å². The van der Waals surface area contributed by atoms with Crippen LogP contribution in [0.15, 0.2) is 47.1 Å². The molecule has 1 aromatic carbocycles. The fourth-order valence-electron chi connectivity index (χ4n) is 2.25. The first-order valence-corrected chi connectivity index (χ1v) is 6.44. The molecule has 0 spiro atoms. The highest BCUT2D eigenvalue weighted by Gasteiger charge is 2.13. The zero-order valence-corrected chi connectivity index (χ0v) is 10.9. The Kier molecular flexibility index (Phi) is 3.09. The molecule has 1 unspecified atom stereocenters. The van der Waals surface area contributed by atoms with Crippen LogP contribution in [0.4, 0.5) is 0 Å². The maximum absolute atomic E-state index is 6.19. The van der Waals surface area contributed by atoms with E-state index in [1.807, 2.05) is 54.3 Å². The number of aromatic nitrogens is 2. The molecule has 0 aliphatic carbocycles. The molecular formula is C15H17N3O. The van der Waals surface area contributed by atoms with Gasteiger partial charge in [-0.1, -0.05) is 18.2 Å². The molecular weight excluding hydrogens is 238 g/mol. The lowest BCUT2D eigenvalue weighted by atomic mass is 10.1. The Labute approximate surface area is 111 Å². The number of benzene rings is 1. The smallest absolute Gasteiger partial charge is 0.134 e. The summed E-state index contributed by atoms with van der Waals surface area (Å²) < 4.78 is 7.80. The number of hydrogen-bond acceptors (Lipinski definition) is 3. The number of fused-ring (bicyclic) bond motifs is 1. The Bertz CT molecular complexity index is 650. The molecule has 0 radical (unpaired) electrons. The van der Waals surface area contributed by atoms with E-state index >= 15 is 0 Å². The molecule has 0 aliphatic heterocycles. The van der Waals surface area contributed by atoms with Crippen molar-refractivity contribution in [3.8, 4) is 0 Å². The predicted octanol–water partition coefficient (Wildman–Crippen LogP) is 2.80. The summed E-state index contributed by atoms with van der Waals surface area (Å²) in [5, 5.41) is 1.10. The molecule has 98 valence electrons. The molecule has 3 rings (SSSR count). The molecule has 0 amide bonds. The highest BCUT2D eigenvalue weighted by Crippen LogP contribution is 2.24. The third kappa shape index (κ3) is 2.39. The highest BCUT2D eigenvalue weighted by molar-refractivity contribution is 5.77. The van der Waals surface area contributed by atoms with Gasteiger partial charge in [0, 0.05) is 31.2 Å². The molecule has 0 aliphatic rings. The molecule has 4 heteroatoms. The van der Waals surface area contributed by atoms with Crippen LogP contribution in [0.2, 0.25) is 0 Å². The minimum absolute atomic E-state index is 0.0934. The summed E-state index contributed by atoms with van der Waals surface area (Å²) in [5.74, 6) is 1.89. The number of furan rings is 1. The first kappa shape index (κ1) is 12.0. The Balaban J connectivity index is 1.73. The van der Waals surface area contributed by atoms with Crippen LogP contribution in [0.3, 0.4) is 0 Å². The van der Waals surface area contributed by atoms with Crippen molar-refractivity contribution in [3.05, 3.63) is 54.3 Å². The minimum Gasteiger partial charge on any atom is -0.459 e. The normalized spacial score (nSPS) is 12.9. The number of para-hydroxylation sites is 1. The number of imidazole rings is 1. The summed E-state index contributed by atoms with van der Waals surface area (Å²) >= 11 is 0. The van der Waals surface area contributed by atoms with Gasteiger partial charge in [-0.3, -0.25) is 0 Å². The molecule has 0 saturated heterocycles. The maximum Gasteiger partial charge on any atom is 0.134 e. The van der Waals surface area contributed by atoms with E-state index in [0.717, 1.165) is 35.4 Å². The van der Waals surface area contributed by atoms with Gasteiger partial charge in [-0.15, -0.1) is 0 Å². The standard InChI is InChI=1S/C15H17N3O/c1-18-9-8-17-15(18)7-6-12(16)14-10-11-4-2-3-5-13(11)19-14/h2-5,8-10,12H,6-7,16H2,1H3. The zero-order valence-electron chi connectivity index (χ0n) is 10.9. The van der Waals surface area contributed by atoms with Crippen LogP contribution in [-0.4, -0.2) is 9.55 Å². The number of hydrogen-bond donors (Lipinski definition) is 1. The number of aryl methyl sites for hydroxylation is 2. The average molecular weight is 255 g/mol. The zero-order chi connectivity index (χ0) is 13.2. The van der Waals surface area contributed by atoms with E-state index < -0.39 is 0 Å². The van der Waals surface area contributed by atoms with Gasteiger partial charge in [0.15, 0.2) is 0 Å². The third-order valence-electron chi connectivity index (χ3n) is 3.41. The summed E-state index contributed by atoms with van der Waals surface area (Å²) in [6.45, 7) is 0. The third-order valence-corrected chi connectivity index (χ3v) is 3.41. The number of nitrogens with zero attached hydrogens (tertiary/aromatic N) is 2. The van der Waals surface area contributed by atoms with Crippen molar-refractivity contribution in [2.24, 2.45) is 12.8 Å². The van der Waals surface area contributed by atoms with Crippen molar-refractivity contribution in [3.63, 3.8) is 0 Å². The summed E-state index contributed by atoms with van der Waals surface area (Å²) in [4.78, 5) is 4.30. The van der Waals surface area contributed by atoms with E-state index in [1.165, 1.54) is 0 Å². The number of nitrogens with two attached hydrogens (primary N) is 1. The van der Waals surface area contributed by atoms with Gasteiger partial charge in [0.25, 0.3) is 0 Å². The Hall–Kier alpha value is -2.07. The van der Waals surface area contributed by atoms with Crippen molar-refractivity contribution >= 4 is 11.0 Å². The van der Waals surface area contributed by atoms with Gasteiger partial charge in [-0.25, -0.2) is 4.98 Å². The first-order chi connectivity index (χ1) is 9.24. The van der Waals surface area contributed by atoms with Crippen molar-refractivity contribution in [2.75, 3.05) is 0 Å². The predicted molar refractivity (Wildman–Crippen MR) is 74.7 cm³/mol. The summed E-state index contributed by atoms with van der Waals surface area (Å²) in [6.07, 6.45) is 5.43. The van der Waals surface area contributed by atoms with Crippen LogP contribution < -0.4 is 5.73 Å². The van der Waals surface area contributed by atoms with Gasteiger partial charge in [0.05, 0.1) is 6.04 Å². The van der Waals surface area contributed by atoms with Crippen LogP contribution in [0, 0.1) is 0 Å². The second-order valence-electron chi connectivity index (χ2n) is 4.79. The van der Waals surface area contributed by atoms with Crippen LogP contribution in [0.5, 0.6) is 0 Å². The van der Waals surface area contributed by atoms with Gasteiger partial charge in [0.1, 0.15) is 17.2 Å². The van der Waals surface area contributed by atoms with E-state index in [1.54, 1.807) is 0 Å². The first-order valence-electron chi connectivity index (χ1n) is 6.44. The van der Waals surface area contributed by atoms with Crippen molar-refractivity contribution in [2.45, 2.75) is 18.9 Å². The molecule has 1 atom stereocenters. The SMILES string of the molecule is Cn1ccnc1CCC(N)c1cc2ccccc2o1. The lowest BCUT2D eigenvalue weighted by molar-refractivity contribution is 0.474. The van der Waals surface area contributed by atoms with Crippen LogP contribution in [0.1, 0.15) is 24.0 Å². The van der Waals surface area contributed by atoms with Gasteiger partial charge in [0.2, 0.25) is 0 Å². The van der Waals surface area contributed by atoms with Crippen LogP contribution in [-0.2, 0) is 13.5 Å². The summed E-state index contributed by atoms with van der Waals surface area (Å²) in [7, 11) is 2.00. The second-order valence-corrected chi connectivity index (χ2v) is 4.79. The highest BCUT2D eigenvalue weighted by atomic mass is 16.3. The Morgan fingerprint density at radius 3 is 2.95 bits per heavy atom. The van der Waals surface area contributed by atoms with Crippen LogP contribution in [0.25, 0.3) is 11.0 Å². The van der Waals surface area contributed by atoms with Crippen molar-refractivity contribution in [1.29, 1.82) is 0 Å². The molecule has 3 aromatic rings. The summed E-state index contributed by atoms with van der Waals surface area (Å²) in [6, 6.07) is 9.90. The van der Waals surface area contributed by atoms with Gasteiger partial charge >= 0.3 is 0 Å². The van der Waals surface area contributed by atoms with Crippen LogP contribution >= 0.6 is 0 Å². The molecule has 0 fully saturated rings. The van der Waals surface area contributed by atoms with E-state index in [4.69, 9.17) is 10.2 Å². The average Bonchev–Trinajstić information content (AvgIpc) is 3.01. The summed E-state index contributed by atoms with van der Waals surface area (Å²) in [5.41, 5.74) is 7.09. The van der Waals surface area contributed by atoms with Gasteiger partial charge in [-0.2, -0.15) is 0 Å². The fourth-order valence-corrected chi connectivity index (χ4v) is 2.25. The largest absolute Gasteiger partial charge is 0.459 e. The van der Waals surface area contributed by atoms with Gasteiger partial charge in [-0.05, 0) is 18.6 Å². The fraction of sp³-hybridized carbons (Fsp3) is 0.267. The quantitative estimate of drug-likeness (QED) is 0.780. The Morgan fingerprint density at radius 1 is 1.37 bits per heavy atom. The lowest BCUT2D eigenvalue weighted by Gasteiger charge is -2.08. The molecule has 2 N–H and O–H groups in total. The minimum atomic E-state index is -0.0934. The van der Waals surface area contributed by atoms with Gasteiger partial charge < -0.3 is 14.7 Å². The second kappa shape index (κ2) is 4.90. The van der Waals surface area contributed by atoms with E-state index in [0.29, 0.717) is 0 Å². The maximum atomic E-state index is 6.19. The number of rotatable bonds is 4. The molecule has 0 saturated carbocycles. The van der Waals surface area contributed by atoms with Crippen molar-refractivity contribution in [1.82, 2.24) is 9.55 Å². The topological polar surface area (TPSA) is 57.0 Å². The monoisotopic (exact) mass is 255 g/mol. The van der Waals surface area contributed by atoms with E-state index in [9.17, 15) is 0 Å². The van der Waals surface area contributed by atoms with Crippen molar-refractivity contribution < 1.29 is 4.42 Å². The Morgan fingerprint density at radius 2 is 2.21 bits per heavy atom. The molecule has 2 aromatic heterocycles. The molecule has 0 bridgehead atoms. The molecule has 19 heavy (non-hydrogen) atoms. The molecule has 4 nitrogen and oxygen atoms in total.